The second-order valence-electron chi connectivity index (χ2n) is 8.77. The second kappa shape index (κ2) is 12.9. The van der Waals surface area contributed by atoms with E-state index >= 15 is 0 Å². The van der Waals surface area contributed by atoms with E-state index in [9.17, 15) is 22.8 Å². The minimum Gasteiger partial charge on any atom is -0.454 e. The molecule has 8 nitrogen and oxygen atoms in total. The summed E-state index contributed by atoms with van der Waals surface area (Å²) >= 11 is 7.66. The SMILES string of the molecule is CC.CNSNc1cccc(Oc2c(C(=O)NC3CC3(F)F)c(Nc3ccc(C)cc3F)n(C)c(=O)c2C)c1Cl. The van der Waals surface area contributed by atoms with Crippen LogP contribution in [-0.4, -0.2) is 29.5 Å². The van der Waals surface area contributed by atoms with Crippen LogP contribution in [0.5, 0.6) is 11.5 Å². The molecule has 13 heteroatoms. The molecule has 0 saturated heterocycles. The topological polar surface area (TPSA) is 96.4 Å². The third-order valence-electron chi connectivity index (χ3n) is 5.94. The lowest BCUT2D eigenvalue weighted by molar-refractivity contribution is 0.0847. The van der Waals surface area contributed by atoms with Gasteiger partial charge in [0.05, 0.1) is 23.0 Å². The lowest BCUT2D eigenvalue weighted by Crippen LogP contribution is -2.33. The van der Waals surface area contributed by atoms with Gasteiger partial charge >= 0.3 is 0 Å². The van der Waals surface area contributed by atoms with Crippen molar-refractivity contribution in [1.29, 1.82) is 0 Å². The molecule has 1 unspecified atom stereocenters. The van der Waals surface area contributed by atoms with Gasteiger partial charge in [-0.1, -0.05) is 37.6 Å². The van der Waals surface area contributed by atoms with Crippen molar-refractivity contribution in [2.24, 2.45) is 7.05 Å². The zero-order valence-corrected chi connectivity index (χ0v) is 24.4. The van der Waals surface area contributed by atoms with Crippen molar-refractivity contribution >= 4 is 46.8 Å². The average molecular weight is 598 g/mol. The van der Waals surface area contributed by atoms with Crippen molar-refractivity contribution in [3.8, 4) is 11.5 Å². The Morgan fingerprint density at radius 3 is 2.45 bits per heavy atom. The lowest BCUT2D eigenvalue weighted by atomic mass is 10.1. The van der Waals surface area contributed by atoms with Gasteiger partial charge in [-0.05, 0) is 50.7 Å². The number of nitrogens with zero attached hydrogens (tertiary/aromatic N) is 1. The molecule has 4 rings (SSSR count). The zero-order chi connectivity index (χ0) is 29.8. The fourth-order valence-corrected chi connectivity index (χ4v) is 4.38. The number of pyridine rings is 1. The Kier molecular flexibility index (Phi) is 10.0. The number of hydrogen-bond acceptors (Lipinski definition) is 7. The van der Waals surface area contributed by atoms with Gasteiger partial charge in [-0.15, -0.1) is 0 Å². The summed E-state index contributed by atoms with van der Waals surface area (Å²) in [6, 6.07) is 7.83. The number of aromatic nitrogens is 1. The molecule has 1 aromatic heterocycles. The van der Waals surface area contributed by atoms with E-state index in [0.29, 0.717) is 11.3 Å². The smallest absolute Gasteiger partial charge is 0.270 e. The highest BCUT2D eigenvalue weighted by Crippen LogP contribution is 2.43. The minimum absolute atomic E-state index is 0.0224. The molecular weight excluding hydrogens is 567 g/mol. The van der Waals surface area contributed by atoms with Gasteiger partial charge in [0.15, 0.2) is 5.75 Å². The molecule has 0 spiro atoms. The number of nitrogens with one attached hydrogen (secondary N) is 4. The number of carbonyl (C=O) groups excluding carboxylic acids is 1. The summed E-state index contributed by atoms with van der Waals surface area (Å²) in [6.07, 6.45) is -0.516. The number of ether oxygens (including phenoxy) is 1. The predicted octanol–water partition coefficient (Wildman–Crippen LogP) is 6.69. The molecule has 0 bridgehead atoms. The maximum absolute atomic E-state index is 14.7. The second-order valence-corrected chi connectivity index (χ2v) is 9.96. The highest BCUT2D eigenvalue weighted by atomic mass is 35.5. The van der Waals surface area contributed by atoms with E-state index in [4.69, 9.17) is 16.3 Å². The van der Waals surface area contributed by atoms with E-state index in [2.05, 4.69) is 20.1 Å². The third kappa shape index (κ3) is 6.68. The van der Waals surface area contributed by atoms with Crippen LogP contribution in [-0.2, 0) is 7.05 Å². The summed E-state index contributed by atoms with van der Waals surface area (Å²) in [5.74, 6) is -4.85. The predicted molar refractivity (Wildman–Crippen MR) is 155 cm³/mol. The van der Waals surface area contributed by atoms with Gasteiger partial charge in [0, 0.05) is 25.6 Å². The normalized spacial score (nSPS) is 15.0. The Labute approximate surface area is 239 Å². The van der Waals surface area contributed by atoms with E-state index in [0.717, 1.165) is 16.7 Å². The van der Waals surface area contributed by atoms with Crippen molar-refractivity contribution in [2.75, 3.05) is 17.1 Å². The Morgan fingerprint density at radius 1 is 1.18 bits per heavy atom. The number of rotatable bonds is 9. The maximum Gasteiger partial charge on any atom is 0.270 e. The summed E-state index contributed by atoms with van der Waals surface area (Å²) in [5, 5.41) is 5.22. The molecule has 3 aromatic rings. The number of halogens is 4. The molecule has 1 heterocycles. The van der Waals surface area contributed by atoms with Crippen molar-refractivity contribution in [1.82, 2.24) is 14.6 Å². The first-order chi connectivity index (χ1) is 18.9. The number of aryl methyl sites for hydroxylation is 1. The van der Waals surface area contributed by atoms with Crippen LogP contribution in [0, 0.1) is 19.7 Å². The number of benzene rings is 2. The lowest BCUT2D eigenvalue weighted by Gasteiger charge is -2.22. The van der Waals surface area contributed by atoms with Crippen molar-refractivity contribution in [2.45, 2.75) is 46.1 Å². The Bertz CT molecular complexity index is 1470. The summed E-state index contributed by atoms with van der Waals surface area (Å²) in [7, 11) is 3.08. The van der Waals surface area contributed by atoms with Crippen LogP contribution >= 0.6 is 23.7 Å². The first-order valence-electron chi connectivity index (χ1n) is 12.4. The summed E-state index contributed by atoms with van der Waals surface area (Å²) < 4.78 is 55.0. The van der Waals surface area contributed by atoms with Crippen LogP contribution in [0.1, 0.15) is 41.8 Å². The Morgan fingerprint density at radius 2 is 1.85 bits per heavy atom. The molecule has 1 amide bonds. The van der Waals surface area contributed by atoms with Crippen LogP contribution < -0.4 is 30.4 Å². The Hall–Kier alpha value is -3.35. The van der Waals surface area contributed by atoms with Crippen molar-refractivity contribution < 1.29 is 22.7 Å². The zero-order valence-electron chi connectivity index (χ0n) is 22.8. The van der Waals surface area contributed by atoms with E-state index in [1.165, 1.54) is 32.2 Å². The van der Waals surface area contributed by atoms with E-state index in [1.54, 1.807) is 32.2 Å². The van der Waals surface area contributed by atoms with Gasteiger partial charge in [-0.3, -0.25) is 14.2 Å². The van der Waals surface area contributed by atoms with Gasteiger partial charge < -0.3 is 20.1 Å². The minimum atomic E-state index is -3.04. The van der Waals surface area contributed by atoms with E-state index in [-0.39, 0.29) is 39.2 Å². The fourth-order valence-electron chi connectivity index (χ4n) is 3.73. The number of hydrogen-bond donors (Lipinski definition) is 4. The molecule has 40 heavy (non-hydrogen) atoms. The number of amides is 1. The number of alkyl halides is 2. The number of carbonyl (C=O) groups is 1. The maximum atomic E-state index is 14.7. The van der Waals surface area contributed by atoms with E-state index < -0.39 is 35.7 Å². The molecule has 1 atom stereocenters. The van der Waals surface area contributed by atoms with Crippen LogP contribution in [0.15, 0.2) is 41.2 Å². The van der Waals surface area contributed by atoms with Gasteiger partial charge in [0.25, 0.3) is 17.4 Å². The molecule has 0 aliphatic heterocycles. The van der Waals surface area contributed by atoms with Crippen LogP contribution in [0.25, 0.3) is 0 Å². The quantitative estimate of drug-likeness (QED) is 0.204. The van der Waals surface area contributed by atoms with Gasteiger partial charge in [-0.2, -0.15) is 0 Å². The first-order valence-corrected chi connectivity index (χ1v) is 13.6. The van der Waals surface area contributed by atoms with Crippen molar-refractivity contribution in [3.05, 3.63) is 74.3 Å². The molecule has 1 saturated carbocycles. The van der Waals surface area contributed by atoms with Gasteiger partial charge in [0.1, 0.15) is 28.0 Å². The third-order valence-corrected chi connectivity index (χ3v) is 6.86. The molecule has 4 N–H and O–H groups in total. The van der Waals surface area contributed by atoms with Gasteiger partial charge in [0.2, 0.25) is 0 Å². The molecule has 2 aromatic carbocycles. The monoisotopic (exact) mass is 597 g/mol. The average Bonchev–Trinajstić information content (AvgIpc) is 3.53. The summed E-state index contributed by atoms with van der Waals surface area (Å²) in [4.78, 5) is 26.6. The molecule has 1 aliphatic carbocycles. The van der Waals surface area contributed by atoms with E-state index in [1.807, 2.05) is 13.8 Å². The first kappa shape index (κ1) is 31.2. The highest BCUT2D eigenvalue weighted by Gasteiger charge is 2.58. The van der Waals surface area contributed by atoms with Crippen molar-refractivity contribution in [3.63, 3.8) is 0 Å². The molecule has 1 fully saturated rings. The molecular formula is C27H31ClF3N5O3S. The summed E-state index contributed by atoms with van der Waals surface area (Å²) in [5.41, 5.74) is 0.316. The molecule has 1 aliphatic rings. The highest BCUT2D eigenvalue weighted by molar-refractivity contribution is 7.98. The largest absolute Gasteiger partial charge is 0.454 e. The fraction of sp³-hybridized carbons (Fsp3) is 0.333. The van der Waals surface area contributed by atoms with Crippen LogP contribution in [0.2, 0.25) is 5.02 Å². The standard InChI is InChI=1S/C25H25ClF3N5O3S.C2H6/c1-12-8-9-15(14(27)10-12)31-22-19(23(35)32-18-11-25(18,28)29)21(13(2)24(36)34(22)4)37-17-7-5-6-16(20(17)26)33-38-30-3;1-2/h5-10,18,30-31,33H,11H2,1-4H3,(H,32,35);1-2H3. The summed E-state index contributed by atoms with van der Waals surface area (Å²) in [6.45, 7) is 7.14. The number of anilines is 3. The molecule has 216 valence electrons. The molecule has 0 radical (unpaired) electrons. The Balaban J connectivity index is 0.00000216. The van der Waals surface area contributed by atoms with Crippen LogP contribution in [0.4, 0.5) is 30.4 Å². The van der Waals surface area contributed by atoms with Gasteiger partial charge in [-0.25, -0.2) is 17.9 Å². The van der Waals surface area contributed by atoms with Crippen LogP contribution in [0.3, 0.4) is 0 Å².